The maximum absolute atomic E-state index is 12.4. The number of esters is 1. The molecule has 1 aromatic carbocycles. The van der Waals surface area contributed by atoms with Gasteiger partial charge in [-0.2, -0.15) is 18.4 Å². The molecule has 3 nitrogen and oxygen atoms in total. The van der Waals surface area contributed by atoms with Gasteiger partial charge in [-0.05, 0) is 31.0 Å². The zero-order chi connectivity index (χ0) is 14.5. The smallest absolute Gasteiger partial charge is 0.416 e. The minimum atomic E-state index is -4.39. The molecule has 0 radical (unpaired) electrons. The summed E-state index contributed by atoms with van der Waals surface area (Å²) in [6.45, 7) is 1.77. The number of benzene rings is 1. The molecule has 0 aliphatic carbocycles. The van der Waals surface area contributed by atoms with Crippen LogP contribution in [0, 0.1) is 17.2 Å². The van der Waals surface area contributed by atoms with Gasteiger partial charge in [0, 0.05) is 0 Å². The van der Waals surface area contributed by atoms with Gasteiger partial charge >= 0.3 is 12.1 Å². The SMILES string of the molecule is CCOC(=O)C(C#N)Cc1ccc(C(F)(F)F)cc1. The van der Waals surface area contributed by atoms with Crippen molar-refractivity contribution < 1.29 is 22.7 Å². The molecule has 0 N–H and O–H groups in total. The van der Waals surface area contributed by atoms with E-state index in [9.17, 15) is 18.0 Å². The Kier molecular flexibility index (Phi) is 4.93. The minimum absolute atomic E-state index is 0.0352. The van der Waals surface area contributed by atoms with Crippen LogP contribution in [0.1, 0.15) is 18.1 Å². The summed E-state index contributed by atoms with van der Waals surface area (Å²) in [5.74, 6) is -1.67. The van der Waals surface area contributed by atoms with Crippen molar-refractivity contribution in [3.8, 4) is 6.07 Å². The van der Waals surface area contributed by atoms with Crippen molar-refractivity contribution in [1.82, 2.24) is 0 Å². The fraction of sp³-hybridized carbons (Fsp3) is 0.385. The van der Waals surface area contributed by atoms with E-state index in [1.54, 1.807) is 13.0 Å². The van der Waals surface area contributed by atoms with Crippen LogP contribution < -0.4 is 0 Å². The molecule has 0 aromatic heterocycles. The Bertz CT molecular complexity index is 474. The summed E-state index contributed by atoms with van der Waals surface area (Å²) in [4.78, 5) is 11.4. The van der Waals surface area contributed by atoms with Gasteiger partial charge in [0.1, 0.15) is 5.92 Å². The van der Waals surface area contributed by atoms with Gasteiger partial charge < -0.3 is 4.74 Å². The first-order valence-electron chi connectivity index (χ1n) is 5.61. The molecular weight excluding hydrogens is 259 g/mol. The van der Waals surface area contributed by atoms with Crippen molar-refractivity contribution >= 4 is 5.97 Å². The molecule has 1 unspecified atom stereocenters. The summed E-state index contributed by atoms with van der Waals surface area (Å²) < 4.78 is 41.8. The summed E-state index contributed by atoms with van der Waals surface area (Å²) >= 11 is 0. The monoisotopic (exact) mass is 271 g/mol. The molecule has 0 amide bonds. The molecule has 0 saturated carbocycles. The Balaban J connectivity index is 2.77. The van der Waals surface area contributed by atoms with Crippen LogP contribution >= 0.6 is 0 Å². The average molecular weight is 271 g/mol. The molecule has 1 aromatic rings. The topological polar surface area (TPSA) is 50.1 Å². The lowest BCUT2D eigenvalue weighted by atomic mass is 10.00. The van der Waals surface area contributed by atoms with Gasteiger partial charge in [-0.1, -0.05) is 12.1 Å². The lowest BCUT2D eigenvalue weighted by molar-refractivity contribution is -0.146. The maximum Gasteiger partial charge on any atom is 0.416 e. The van der Waals surface area contributed by atoms with E-state index in [0.717, 1.165) is 12.1 Å². The van der Waals surface area contributed by atoms with Crippen molar-refractivity contribution in [2.45, 2.75) is 19.5 Å². The Morgan fingerprint density at radius 2 is 1.95 bits per heavy atom. The first kappa shape index (κ1) is 15.0. The van der Waals surface area contributed by atoms with Crippen LogP contribution in [-0.4, -0.2) is 12.6 Å². The number of nitriles is 1. The standard InChI is InChI=1S/C13H12F3NO2/c1-2-19-12(18)10(8-17)7-9-3-5-11(6-4-9)13(14,15)16/h3-6,10H,2,7H2,1H3. The van der Waals surface area contributed by atoms with Crippen molar-refractivity contribution in [3.05, 3.63) is 35.4 Å². The summed E-state index contributed by atoms with van der Waals surface area (Å²) in [7, 11) is 0. The first-order chi connectivity index (χ1) is 8.88. The molecule has 0 aliphatic heterocycles. The number of rotatable bonds is 4. The highest BCUT2D eigenvalue weighted by Gasteiger charge is 2.30. The number of hydrogen-bond acceptors (Lipinski definition) is 3. The van der Waals surface area contributed by atoms with E-state index in [-0.39, 0.29) is 13.0 Å². The quantitative estimate of drug-likeness (QED) is 0.791. The molecule has 0 saturated heterocycles. The second kappa shape index (κ2) is 6.23. The molecule has 1 rings (SSSR count). The number of halogens is 3. The summed E-state index contributed by atoms with van der Waals surface area (Å²) in [5.41, 5.74) is -0.284. The van der Waals surface area contributed by atoms with Gasteiger partial charge in [0.15, 0.2) is 0 Å². The second-order valence-corrected chi connectivity index (χ2v) is 3.83. The number of hydrogen-bond donors (Lipinski definition) is 0. The van der Waals surface area contributed by atoms with Crippen molar-refractivity contribution in [2.24, 2.45) is 5.92 Å². The van der Waals surface area contributed by atoms with Gasteiger partial charge in [-0.15, -0.1) is 0 Å². The molecule has 0 aliphatic rings. The average Bonchev–Trinajstić information content (AvgIpc) is 2.35. The number of ether oxygens (including phenoxy) is 1. The van der Waals surface area contributed by atoms with Crippen LogP contribution in [0.2, 0.25) is 0 Å². The normalized spacial score (nSPS) is 12.6. The van der Waals surface area contributed by atoms with E-state index in [4.69, 9.17) is 10.00 Å². The molecule has 0 heterocycles. The highest BCUT2D eigenvalue weighted by Crippen LogP contribution is 2.29. The number of alkyl halides is 3. The Hall–Kier alpha value is -2.03. The highest BCUT2D eigenvalue weighted by molar-refractivity contribution is 5.75. The van der Waals surface area contributed by atoms with Crippen molar-refractivity contribution in [1.29, 1.82) is 5.26 Å². The fourth-order valence-corrected chi connectivity index (χ4v) is 1.49. The van der Waals surface area contributed by atoms with Gasteiger partial charge in [-0.25, -0.2) is 0 Å². The van der Waals surface area contributed by atoms with Crippen LogP contribution in [-0.2, 0) is 22.1 Å². The third-order valence-corrected chi connectivity index (χ3v) is 2.45. The largest absolute Gasteiger partial charge is 0.465 e. The predicted octanol–water partition coefficient (Wildman–Crippen LogP) is 2.95. The van der Waals surface area contributed by atoms with Gasteiger partial charge in [0.2, 0.25) is 0 Å². The lowest BCUT2D eigenvalue weighted by Crippen LogP contribution is -2.18. The van der Waals surface area contributed by atoms with Gasteiger partial charge in [0.05, 0.1) is 18.2 Å². The third kappa shape index (κ3) is 4.28. The molecule has 0 fully saturated rings. The number of carbonyl (C=O) groups is 1. The number of carbonyl (C=O) groups excluding carboxylic acids is 1. The summed E-state index contributed by atoms with van der Waals surface area (Å²) in [5, 5.41) is 8.84. The van der Waals surface area contributed by atoms with E-state index in [1.165, 1.54) is 12.1 Å². The summed E-state index contributed by atoms with van der Waals surface area (Å²) in [6, 6.07) is 6.15. The highest BCUT2D eigenvalue weighted by atomic mass is 19.4. The second-order valence-electron chi connectivity index (χ2n) is 3.83. The maximum atomic E-state index is 12.4. The predicted molar refractivity (Wildman–Crippen MR) is 60.9 cm³/mol. The fourth-order valence-electron chi connectivity index (χ4n) is 1.49. The Morgan fingerprint density at radius 1 is 1.37 bits per heavy atom. The summed E-state index contributed by atoms with van der Waals surface area (Å²) in [6.07, 6.45) is -4.36. The van der Waals surface area contributed by atoms with Crippen LogP contribution in [0.3, 0.4) is 0 Å². The Labute approximate surface area is 108 Å². The minimum Gasteiger partial charge on any atom is -0.465 e. The molecular formula is C13H12F3NO2. The molecule has 0 bridgehead atoms. The van der Waals surface area contributed by atoms with E-state index in [2.05, 4.69) is 0 Å². The van der Waals surface area contributed by atoms with Crippen molar-refractivity contribution in [2.75, 3.05) is 6.61 Å². The van der Waals surface area contributed by atoms with Crippen LogP contribution in [0.15, 0.2) is 24.3 Å². The van der Waals surface area contributed by atoms with Crippen LogP contribution in [0.4, 0.5) is 13.2 Å². The molecule has 1 atom stereocenters. The number of nitrogens with zero attached hydrogens (tertiary/aromatic N) is 1. The molecule has 0 spiro atoms. The molecule has 102 valence electrons. The zero-order valence-electron chi connectivity index (χ0n) is 10.2. The lowest BCUT2D eigenvalue weighted by Gasteiger charge is -2.10. The third-order valence-electron chi connectivity index (χ3n) is 2.45. The van der Waals surface area contributed by atoms with E-state index in [0.29, 0.717) is 5.56 Å². The van der Waals surface area contributed by atoms with E-state index >= 15 is 0 Å². The van der Waals surface area contributed by atoms with Crippen LogP contribution in [0.25, 0.3) is 0 Å². The van der Waals surface area contributed by atoms with Gasteiger partial charge in [0.25, 0.3) is 0 Å². The Morgan fingerprint density at radius 3 is 2.37 bits per heavy atom. The molecule has 6 heteroatoms. The zero-order valence-corrected chi connectivity index (χ0v) is 10.2. The van der Waals surface area contributed by atoms with Crippen LogP contribution in [0.5, 0.6) is 0 Å². The van der Waals surface area contributed by atoms with E-state index < -0.39 is 23.6 Å². The van der Waals surface area contributed by atoms with E-state index in [1.807, 2.05) is 0 Å². The molecule has 19 heavy (non-hydrogen) atoms. The van der Waals surface area contributed by atoms with Crippen molar-refractivity contribution in [3.63, 3.8) is 0 Å². The van der Waals surface area contributed by atoms with Gasteiger partial charge in [-0.3, -0.25) is 4.79 Å². The first-order valence-corrected chi connectivity index (χ1v) is 5.61.